The smallest absolute Gasteiger partial charge is 0.309 e. The summed E-state index contributed by atoms with van der Waals surface area (Å²) in [5.41, 5.74) is -4.76. The Hall–Kier alpha value is -2.03. The van der Waals surface area contributed by atoms with E-state index in [4.69, 9.17) is 9.47 Å². The molecule has 0 amide bonds. The van der Waals surface area contributed by atoms with E-state index in [1.807, 2.05) is 34.6 Å². The van der Waals surface area contributed by atoms with Crippen LogP contribution in [0.1, 0.15) is 87.5 Å². The van der Waals surface area contributed by atoms with Gasteiger partial charge in [-0.25, -0.2) is 0 Å². The summed E-state index contributed by atoms with van der Waals surface area (Å²) >= 11 is 0. The number of Topliss-reactive ketones (excluding diaryl/α,β-unsaturated/α-hetero) is 1. The van der Waals surface area contributed by atoms with Crippen molar-refractivity contribution in [1.29, 1.82) is 0 Å². The highest BCUT2D eigenvalue weighted by Gasteiger charge is 2.83. The number of esters is 2. The Balaban J connectivity index is 1.83. The van der Waals surface area contributed by atoms with Gasteiger partial charge in [0.05, 0.1) is 17.9 Å². The summed E-state index contributed by atoms with van der Waals surface area (Å²) in [4.78, 5) is 40.9. The summed E-state index contributed by atoms with van der Waals surface area (Å²) in [5, 5.41) is 34.7. The molecule has 3 N–H and O–H groups in total. The molecular weight excluding hydrogens is 512 g/mol. The van der Waals surface area contributed by atoms with Gasteiger partial charge in [-0.05, 0) is 42.7 Å². The predicted molar refractivity (Wildman–Crippen MR) is 149 cm³/mol. The third-order valence-corrected chi connectivity index (χ3v) is 10.9. The highest BCUT2D eigenvalue weighted by molar-refractivity contribution is 5.96. The molecular formula is C32H48O8. The van der Waals surface area contributed by atoms with Gasteiger partial charge in [0.25, 0.3) is 0 Å². The van der Waals surface area contributed by atoms with E-state index < -0.39 is 70.5 Å². The first-order valence-electron chi connectivity index (χ1n) is 15.0. The average Bonchev–Trinajstić information content (AvgIpc) is 3.28. The zero-order valence-electron chi connectivity index (χ0n) is 25.3. The summed E-state index contributed by atoms with van der Waals surface area (Å²) in [6, 6.07) is 0. The Morgan fingerprint density at radius 1 is 1.18 bits per heavy atom. The maximum Gasteiger partial charge on any atom is 0.309 e. The summed E-state index contributed by atoms with van der Waals surface area (Å²) < 4.78 is 12.2. The van der Waals surface area contributed by atoms with Gasteiger partial charge >= 0.3 is 11.9 Å². The van der Waals surface area contributed by atoms with E-state index in [1.165, 1.54) is 0 Å². The number of unbranched alkanes of at least 4 members (excludes halogenated alkanes) is 2. The van der Waals surface area contributed by atoms with Crippen molar-refractivity contribution in [2.45, 2.75) is 111 Å². The third-order valence-electron chi connectivity index (χ3n) is 10.9. The van der Waals surface area contributed by atoms with E-state index in [0.717, 1.165) is 19.3 Å². The normalized spacial score (nSPS) is 40.2. The molecule has 224 valence electrons. The highest BCUT2D eigenvalue weighted by atomic mass is 16.6. The van der Waals surface area contributed by atoms with Crippen LogP contribution in [0.4, 0.5) is 0 Å². The van der Waals surface area contributed by atoms with Gasteiger partial charge in [-0.15, -0.1) is 0 Å². The van der Waals surface area contributed by atoms with E-state index >= 15 is 0 Å². The van der Waals surface area contributed by atoms with Crippen LogP contribution in [0.3, 0.4) is 0 Å². The molecule has 9 atom stereocenters. The Morgan fingerprint density at radius 2 is 1.82 bits per heavy atom. The Labute approximate surface area is 238 Å². The van der Waals surface area contributed by atoms with Crippen molar-refractivity contribution in [3.8, 4) is 0 Å². The lowest BCUT2D eigenvalue weighted by Crippen LogP contribution is -2.66. The molecule has 0 aromatic rings. The fourth-order valence-corrected chi connectivity index (χ4v) is 8.16. The lowest BCUT2D eigenvalue weighted by Gasteiger charge is -2.49. The number of aliphatic hydroxyl groups excluding tert-OH is 2. The predicted octanol–water partition coefficient (Wildman–Crippen LogP) is 3.90. The molecule has 3 unspecified atom stereocenters. The Bertz CT molecular complexity index is 1120. The lowest BCUT2D eigenvalue weighted by molar-refractivity contribution is -0.206. The number of ether oxygens (including phenoxy) is 2. The maximum atomic E-state index is 14.7. The number of hydrogen-bond donors (Lipinski definition) is 3. The zero-order chi connectivity index (χ0) is 30.0. The molecule has 2 saturated carbocycles. The average molecular weight is 561 g/mol. The standard InChI is InChI=1S/C32H48O8/c1-9-10-11-12-23(34)40-31-15-19(5)30-14-18(4)27(39-28(37)20(6)17(2)3)32(30,38)25(35)21(16-33)13-22(26(30)36)24(31)29(31,7)8/h13-14,17,19-20,22,24-25,27,33,35,38H,9-12,15-16H2,1-8H3/t19?,20?,22-,24+,25+,27-,30?,31-,32-/m0/s1. The van der Waals surface area contributed by atoms with Gasteiger partial charge < -0.3 is 24.8 Å². The molecule has 0 radical (unpaired) electrons. The lowest BCUT2D eigenvalue weighted by atomic mass is 9.59. The maximum absolute atomic E-state index is 14.7. The van der Waals surface area contributed by atoms with Crippen LogP contribution in [-0.2, 0) is 23.9 Å². The van der Waals surface area contributed by atoms with Gasteiger partial charge in [-0.2, -0.15) is 0 Å². The van der Waals surface area contributed by atoms with Gasteiger partial charge in [0, 0.05) is 23.7 Å². The number of allylic oxidation sites excluding steroid dienone is 1. The van der Waals surface area contributed by atoms with Gasteiger partial charge in [0.1, 0.15) is 11.7 Å². The van der Waals surface area contributed by atoms with Crippen molar-refractivity contribution in [1.82, 2.24) is 0 Å². The number of ketones is 1. The minimum absolute atomic E-state index is 0.0159. The zero-order valence-corrected chi connectivity index (χ0v) is 25.3. The van der Waals surface area contributed by atoms with Crippen LogP contribution in [0.5, 0.6) is 0 Å². The molecule has 8 heteroatoms. The third kappa shape index (κ3) is 4.07. The number of aliphatic hydroxyl groups is 3. The first-order valence-corrected chi connectivity index (χ1v) is 15.0. The highest BCUT2D eigenvalue weighted by Crippen LogP contribution is 2.75. The molecule has 8 nitrogen and oxygen atoms in total. The first-order chi connectivity index (χ1) is 18.6. The minimum Gasteiger partial charge on any atom is -0.458 e. The molecule has 0 heterocycles. The van der Waals surface area contributed by atoms with Gasteiger partial charge in [-0.3, -0.25) is 14.4 Å². The van der Waals surface area contributed by atoms with Crippen LogP contribution in [0.15, 0.2) is 23.3 Å². The van der Waals surface area contributed by atoms with Crippen molar-refractivity contribution in [2.75, 3.05) is 6.61 Å². The van der Waals surface area contributed by atoms with Crippen molar-refractivity contribution >= 4 is 17.7 Å². The topological polar surface area (TPSA) is 130 Å². The van der Waals surface area contributed by atoms with E-state index in [2.05, 4.69) is 6.92 Å². The molecule has 40 heavy (non-hydrogen) atoms. The molecule has 4 aliphatic rings. The second-order valence-electron chi connectivity index (χ2n) is 13.7. The van der Waals surface area contributed by atoms with Crippen LogP contribution in [0.2, 0.25) is 0 Å². The molecule has 1 spiro atoms. The fourth-order valence-electron chi connectivity index (χ4n) is 8.16. The van der Waals surface area contributed by atoms with Crippen molar-refractivity contribution in [3.63, 3.8) is 0 Å². The number of carbonyl (C=O) groups is 3. The SMILES string of the molecule is CCCCCC(=O)O[C@@]12CC(C)C34C=C(C)[C@H](OC(=O)C(C)C(C)C)[C@@]3(O)[C@H](O)C(CO)=C[C@H](C4=O)[C@@H]1C2(C)C. The van der Waals surface area contributed by atoms with Crippen LogP contribution in [0, 0.1) is 40.4 Å². The van der Waals surface area contributed by atoms with Crippen molar-refractivity contribution < 1.29 is 39.2 Å². The van der Waals surface area contributed by atoms with E-state index in [1.54, 1.807) is 26.0 Å². The van der Waals surface area contributed by atoms with Gasteiger partial charge in [0.15, 0.2) is 17.5 Å². The summed E-state index contributed by atoms with van der Waals surface area (Å²) in [6.07, 6.45) is 3.53. The molecule has 0 saturated heterocycles. The quantitative estimate of drug-likeness (QED) is 0.220. The number of hydrogen-bond acceptors (Lipinski definition) is 8. The summed E-state index contributed by atoms with van der Waals surface area (Å²) in [5.74, 6) is -3.41. The first kappa shape index (κ1) is 30.9. The molecule has 4 aliphatic carbocycles. The van der Waals surface area contributed by atoms with E-state index in [9.17, 15) is 29.7 Å². The van der Waals surface area contributed by atoms with Gasteiger partial charge in [0.2, 0.25) is 0 Å². The molecule has 0 aliphatic heterocycles. The number of fused-ring (bicyclic) bond motifs is 3. The molecule has 2 bridgehead atoms. The van der Waals surface area contributed by atoms with E-state index in [-0.39, 0.29) is 23.2 Å². The largest absolute Gasteiger partial charge is 0.458 e. The monoisotopic (exact) mass is 560 g/mol. The van der Waals surface area contributed by atoms with E-state index in [0.29, 0.717) is 18.4 Å². The second kappa shape index (κ2) is 10.4. The van der Waals surface area contributed by atoms with Crippen molar-refractivity contribution in [2.24, 2.45) is 40.4 Å². The fraction of sp³-hybridized carbons (Fsp3) is 0.781. The molecule has 2 fully saturated rings. The molecule has 4 rings (SSSR count). The summed E-state index contributed by atoms with van der Waals surface area (Å²) in [7, 11) is 0. The summed E-state index contributed by atoms with van der Waals surface area (Å²) in [6.45, 7) is 14.5. The van der Waals surface area contributed by atoms with Gasteiger partial charge in [-0.1, -0.05) is 73.5 Å². The number of carbonyl (C=O) groups excluding carboxylic acids is 3. The molecule has 0 aromatic heterocycles. The minimum atomic E-state index is -2.24. The van der Waals surface area contributed by atoms with Crippen molar-refractivity contribution in [3.05, 3.63) is 23.3 Å². The van der Waals surface area contributed by atoms with Crippen LogP contribution >= 0.6 is 0 Å². The second-order valence-corrected chi connectivity index (χ2v) is 13.7. The molecule has 0 aromatic carbocycles. The number of rotatable bonds is 9. The Morgan fingerprint density at radius 3 is 2.40 bits per heavy atom. The Kier molecular flexibility index (Phi) is 8.00. The van der Waals surface area contributed by atoms with Crippen LogP contribution < -0.4 is 0 Å². The van der Waals surface area contributed by atoms with Crippen LogP contribution in [0.25, 0.3) is 0 Å². The van der Waals surface area contributed by atoms with Crippen LogP contribution in [-0.4, -0.2) is 63.1 Å².